The van der Waals surface area contributed by atoms with Crippen molar-refractivity contribution in [3.63, 3.8) is 0 Å². The fourth-order valence-electron chi connectivity index (χ4n) is 12.7. The second-order valence-corrected chi connectivity index (χ2v) is 28.5. The van der Waals surface area contributed by atoms with Crippen LogP contribution in [0.1, 0.15) is 103 Å². The van der Waals surface area contributed by atoms with Gasteiger partial charge in [-0.25, -0.2) is 33.3 Å². The number of hydrogen-bond acceptors (Lipinski definition) is 24. The number of imidazole rings is 3. The highest BCUT2D eigenvalue weighted by Gasteiger charge is 2.52. The number of morpholine rings is 3. The molecule has 4 fully saturated rings. The van der Waals surface area contributed by atoms with E-state index in [1.807, 2.05) is 90.8 Å². The summed E-state index contributed by atoms with van der Waals surface area (Å²) in [6.07, 6.45) is 5.43. The average molecular weight is 1620 g/mol. The monoisotopic (exact) mass is 1620 g/mol. The van der Waals surface area contributed by atoms with E-state index in [4.69, 9.17) is 51.7 Å². The number of alkyl halides is 6. The zero-order chi connectivity index (χ0) is 83.7. The molecule has 38 heteroatoms. The molecule has 7 N–H and O–H groups in total. The van der Waals surface area contributed by atoms with Crippen LogP contribution in [0.5, 0.6) is 0 Å². The lowest BCUT2D eigenvalue weighted by atomic mass is 9.78. The fraction of sp³-hybridized carbons (Fsp3) is 0.359. The first-order chi connectivity index (χ1) is 55.0. The normalized spacial score (nSPS) is 17.2. The Labute approximate surface area is 667 Å². The SMILES string of the molecule is CCC(=O)C1CN(c2cc(-c3cc(N)cnc3C)nn3ccnc23)CCO1.CCC(=O)C1CN(c2cc(Cl)nn3ccnc23)CCO1.CNC(=O)C1CN(c2cc(-c3cc(NC(=O)c4cccc(C(F)(F)F)c4)cnc3C)nn3ccnc23)CCO1.Cc1ncc(N)cc1B1OC(C)(C)C(C)(C)O1.O=C(O)c1cccc(C(F)(F)F)c1. The van der Waals surface area contributed by atoms with Crippen molar-refractivity contribution in [3.05, 3.63) is 185 Å². The molecule has 4 aliphatic rings. The Bertz CT molecular complexity index is 5400. The molecule has 116 heavy (non-hydrogen) atoms. The summed E-state index contributed by atoms with van der Waals surface area (Å²) in [5, 5.41) is 27.5. The molecule has 0 radical (unpaired) electrons. The third-order valence-corrected chi connectivity index (χ3v) is 19.9. The summed E-state index contributed by atoms with van der Waals surface area (Å²) in [4.78, 5) is 91.5. The molecule has 4 aliphatic heterocycles. The van der Waals surface area contributed by atoms with Crippen molar-refractivity contribution >= 4 is 105 Å². The minimum atomic E-state index is -4.56. The largest absolute Gasteiger partial charge is 0.496 e. The van der Waals surface area contributed by atoms with Gasteiger partial charge < -0.3 is 65.4 Å². The Morgan fingerprint density at radius 1 is 0.560 bits per heavy atom. The highest BCUT2D eigenvalue weighted by molar-refractivity contribution is 6.62. The third-order valence-electron chi connectivity index (χ3n) is 19.7. The van der Waals surface area contributed by atoms with Gasteiger partial charge in [0.2, 0.25) is 0 Å². The van der Waals surface area contributed by atoms with E-state index in [1.165, 1.54) is 18.3 Å². The fourth-order valence-corrected chi connectivity index (χ4v) is 12.9. The minimum absolute atomic E-state index is 0.115. The molecule has 3 unspecified atom stereocenters. The predicted octanol–water partition coefficient (Wildman–Crippen LogP) is 10.4. The maximum absolute atomic E-state index is 13.1. The van der Waals surface area contributed by atoms with Crippen LogP contribution in [0.4, 0.5) is 60.5 Å². The smallest absolute Gasteiger partial charge is 0.478 e. The number of carboxylic acids is 1. The Morgan fingerprint density at radius 2 is 0.983 bits per heavy atom. The Kier molecular flexibility index (Phi) is 26.4. The van der Waals surface area contributed by atoms with E-state index in [0.29, 0.717) is 117 Å². The molecule has 13 heterocycles. The first kappa shape index (κ1) is 85.1. The van der Waals surface area contributed by atoms with Crippen molar-refractivity contribution in [2.45, 2.75) is 117 Å². The molecule has 30 nitrogen and oxygen atoms in total. The molecule has 4 saturated heterocycles. The average Bonchev–Trinajstić information content (AvgIpc) is 1.57. The standard InChI is InChI=1S/C26H24F3N7O3.C19H22N6O2.C13H15ClN4O2.C12H19BN2O2.C8H5F3O2/c1-15-19(11-18(13-32-15)33-24(37)16-4-3-5-17(10-16)26(27,28)29)20-12-21(23-31-6-7-36(23)34-20)35-8-9-39-22(14-35)25(38)30-2;1-3-17(26)18-11-24(6-7-27-18)16-9-15(23-25-5-4-21-19(16)25)14-8-13(20)10-22-12(14)2;1-2-10(19)11-8-17(5-6-20-11)9-7-12(14)16-18-4-3-15-13(9)18;1-8-10(6-9(14)7-15-8)13-16-11(2,3)12(4,5)17-13;9-8(10,11)6-3-1-2-5(4-6)7(12)13/h3-7,10-13,22H,8-9,14H2,1-2H3,(H,30,38)(H,33,37);4-5,8-10,18H,3,6-7,11,20H2,1-2H3;3-4,7,11H,2,5-6,8H2,1H3;6-7H,14H2,1-5H3;1-4H,(H,12,13). The number of ketones is 2. The number of carbonyl (C=O) groups is 5. The summed E-state index contributed by atoms with van der Waals surface area (Å²) in [6, 6.07) is 18.8. The molecule has 2 aromatic carbocycles. The second-order valence-electron chi connectivity index (χ2n) is 28.1. The Balaban J connectivity index is 0.000000150. The first-order valence-corrected chi connectivity index (χ1v) is 37.1. The number of nitrogens with one attached hydrogen (secondary N) is 2. The molecular weight excluding hydrogens is 1540 g/mol. The number of carbonyl (C=O) groups excluding carboxylic acids is 4. The molecule has 610 valence electrons. The van der Waals surface area contributed by atoms with Crippen LogP contribution in [0.25, 0.3) is 39.5 Å². The van der Waals surface area contributed by atoms with E-state index in [9.17, 15) is 50.3 Å². The number of aryl methyl sites for hydroxylation is 3. The lowest BCUT2D eigenvalue weighted by molar-refractivity contribution is -0.138. The van der Waals surface area contributed by atoms with Crippen molar-refractivity contribution in [3.8, 4) is 22.5 Å². The third kappa shape index (κ3) is 20.1. The highest BCUT2D eigenvalue weighted by Crippen LogP contribution is 2.38. The van der Waals surface area contributed by atoms with Gasteiger partial charge in [0.25, 0.3) is 11.8 Å². The predicted molar refractivity (Wildman–Crippen MR) is 422 cm³/mol. The number of benzene rings is 2. The van der Waals surface area contributed by atoms with E-state index in [-0.39, 0.29) is 51.6 Å². The van der Waals surface area contributed by atoms with Gasteiger partial charge in [0.15, 0.2) is 39.8 Å². The number of Topliss-reactive ketones (excluding diaryl/α,β-unsaturated/α-hetero) is 2. The number of carboxylic acid groups (broad SMARTS) is 1. The molecule has 0 aliphatic carbocycles. The van der Waals surface area contributed by atoms with E-state index in [2.05, 4.69) is 65.6 Å². The van der Waals surface area contributed by atoms with Crippen LogP contribution >= 0.6 is 11.6 Å². The van der Waals surface area contributed by atoms with E-state index >= 15 is 0 Å². The topological polar surface area (TPSA) is 367 Å². The van der Waals surface area contributed by atoms with Crippen molar-refractivity contribution in [2.24, 2.45) is 0 Å². The maximum atomic E-state index is 13.1. The number of nitrogen functional groups attached to an aromatic ring is 2. The van der Waals surface area contributed by atoms with Gasteiger partial charge >= 0.3 is 25.4 Å². The summed E-state index contributed by atoms with van der Waals surface area (Å²) in [5.41, 5.74) is 20.8. The van der Waals surface area contributed by atoms with Gasteiger partial charge in [-0.05, 0) is 115 Å². The summed E-state index contributed by atoms with van der Waals surface area (Å²) >= 11 is 6.04. The molecule has 3 atom stereocenters. The summed E-state index contributed by atoms with van der Waals surface area (Å²) in [5.74, 6) is -2.06. The zero-order valence-electron chi connectivity index (χ0n) is 64.9. The molecule has 2 amide bonds. The number of anilines is 6. The van der Waals surface area contributed by atoms with Crippen LogP contribution in [0, 0.1) is 20.8 Å². The number of pyridine rings is 3. The van der Waals surface area contributed by atoms with Gasteiger partial charge in [-0.15, -0.1) is 0 Å². The van der Waals surface area contributed by atoms with Gasteiger partial charge in [-0.3, -0.25) is 34.1 Å². The molecule has 0 bridgehead atoms. The lowest BCUT2D eigenvalue weighted by Gasteiger charge is -2.33. The van der Waals surface area contributed by atoms with Gasteiger partial charge in [0.1, 0.15) is 12.2 Å². The second kappa shape index (κ2) is 36.0. The lowest BCUT2D eigenvalue weighted by Crippen LogP contribution is -2.49. The van der Waals surface area contributed by atoms with Gasteiger partial charge in [-0.2, -0.15) is 41.6 Å². The number of aromatic carboxylic acids is 1. The molecule has 15 rings (SSSR count). The Morgan fingerprint density at radius 3 is 1.46 bits per heavy atom. The van der Waals surface area contributed by atoms with Crippen LogP contribution in [-0.4, -0.2) is 196 Å². The van der Waals surface area contributed by atoms with E-state index in [1.54, 1.807) is 83.0 Å². The van der Waals surface area contributed by atoms with Crippen LogP contribution in [0.3, 0.4) is 0 Å². The number of hydrogen-bond donors (Lipinski definition) is 5. The van der Waals surface area contributed by atoms with Crippen LogP contribution in [0.2, 0.25) is 5.15 Å². The van der Waals surface area contributed by atoms with Gasteiger partial charge in [-0.1, -0.05) is 37.6 Å². The summed E-state index contributed by atoms with van der Waals surface area (Å²) in [6.45, 7) is 22.1. The van der Waals surface area contributed by atoms with Crippen molar-refractivity contribution < 1.29 is 78.9 Å². The number of rotatable bonds is 14. The van der Waals surface area contributed by atoms with Crippen LogP contribution in [-0.2, 0) is 50.3 Å². The molecule has 0 saturated carbocycles. The quantitative estimate of drug-likeness (QED) is 0.0499. The van der Waals surface area contributed by atoms with Crippen LogP contribution < -0.4 is 42.3 Å². The Hall–Kier alpha value is -11.8. The number of aromatic nitrogens is 12. The zero-order valence-corrected chi connectivity index (χ0v) is 65.7. The van der Waals surface area contributed by atoms with E-state index < -0.39 is 54.7 Å². The number of nitrogens with two attached hydrogens (primary N) is 2. The van der Waals surface area contributed by atoms with Crippen LogP contribution in [0.15, 0.2) is 141 Å². The number of fused-ring (bicyclic) bond motifs is 3. The molecule has 0 spiro atoms. The van der Waals surface area contributed by atoms with Crippen molar-refractivity contribution in [1.29, 1.82) is 0 Å². The summed E-state index contributed by atoms with van der Waals surface area (Å²) < 4.78 is 109. The number of nitrogens with zero attached hydrogens (tertiary/aromatic N) is 15. The molecule has 9 aromatic heterocycles. The number of likely N-dealkylation sites (N-methyl/N-ethyl adjacent to an activating group) is 1. The van der Waals surface area contributed by atoms with Gasteiger partial charge in [0.05, 0.1) is 120 Å². The maximum Gasteiger partial charge on any atom is 0.496 e. The number of ether oxygens (including phenoxy) is 3. The number of halogens is 7. The first-order valence-electron chi connectivity index (χ1n) is 36.7. The molecule has 11 aromatic rings. The van der Waals surface area contributed by atoms with E-state index in [0.717, 1.165) is 86.8 Å². The number of amides is 2. The van der Waals surface area contributed by atoms with Crippen molar-refractivity contribution in [2.75, 3.05) is 97.6 Å². The highest BCUT2D eigenvalue weighted by atomic mass is 35.5. The van der Waals surface area contributed by atoms with Gasteiger partial charge in [0, 0.05) is 134 Å². The van der Waals surface area contributed by atoms with Crippen molar-refractivity contribution in [1.82, 2.24) is 64.1 Å². The summed E-state index contributed by atoms with van der Waals surface area (Å²) in [7, 11) is 1.16. The molecular formula is C78H85BClF6N19O11. The minimum Gasteiger partial charge on any atom is -0.478 e.